The summed E-state index contributed by atoms with van der Waals surface area (Å²) in [5, 5.41) is 7.45. The van der Waals surface area contributed by atoms with Crippen molar-refractivity contribution in [1.82, 2.24) is 19.7 Å². The molecule has 0 unspecified atom stereocenters. The topological polar surface area (TPSA) is 93.0 Å². The highest BCUT2D eigenvalue weighted by Crippen LogP contribution is 2.23. The smallest absolute Gasteiger partial charge is 0.265 e. The molecule has 0 radical (unpaired) electrons. The number of aromatic nitrogens is 4. The lowest BCUT2D eigenvalue weighted by Crippen LogP contribution is -2.30. The lowest BCUT2D eigenvalue weighted by Gasteiger charge is -2.22. The number of nitrogens with one attached hydrogen (secondary N) is 1. The zero-order valence-corrected chi connectivity index (χ0v) is 17.8. The van der Waals surface area contributed by atoms with Gasteiger partial charge in [-0.15, -0.1) is 0 Å². The van der Waals surface area contributed by atoms with Crippen molar-refractivity contribution < 1.29 is 8.42 Å². The van der Waals surface area contributed by atoms with Gasteiger partial charge in [-0.3, -0.25) is 4.31 Å². The number of hydrogen-bond donors (Lipinski definition) is 1. The van der Waals surface area contributed by atoms with Gasteiger partial charge in [0, 0.05) is 43.4 Å². The minimum Gasteiger partial charge on any atom is -0.366 e. The van der Waals surface area contributed by atoms with Crippen LogP contribution in [0, 0.1) is 0 Å². The Morgan fingerprint density at radius 3 is 2.48 bits per heavy atom. The number of hydrogen-bond acceptors (Lipinski definition) is 6. The number of pyridine rings is 2. The van der Waals surface area contributed by atoms with Crippen LogP contribution in [-0.2, 0) is 16.6 Å². The molecule has 4 rings (SSSR count). The van der Waals surface area contributed by atoms with Gasteiger partial charge in [0.05, 0.1) is 5.69 Å². The van der Waals surface area contributed by atoms with E-state index in [1.807, 2.05) is 42.6 Å². The summed E-state index contributed by atoms with van der Waals surface area (Å²) in [5.41, 5.74) is 1.56. The number of anilines is 2. The minimum absolute atomic E-state index is 0.141. The summed E-state index contributed by atoms with van der Waals surface area (Å²) < 4.78 is 29.2. The molecule has 0 fully saturated rings. The molecular formula is C22H22N6O2S. The van der Waals surface area contributed by atoms with Gasteiger partial charge >= 0.3 is 0 Å². The van der Waals surface area contributed by atoms with Crippen LogP contribution < -0.4 is 9.62 Å². The summed E-state index contributed by atoms with van der Waals surface area (Å²) in [6, 6.07) is 17.9. The molecule has 0 aliphatic heterocycles. The molecule has 0 bridgehead atoms. The number of benzene rings is 1. The molecule has 0 aliphatic rings. The van der Waals surface area contributed by atoms with Crippen LogP contribution in [-0.4, -0.2) is 34.7 Å². The highest BCUT2D eigenvalue weighted by molar-refractivity contribution is 7.92. The molecule has 31 heavy (non-hydrogen) atoms. The zero-order chi connectivity index (χ0) is 21.7. The SMILES string of the molecule is CCN(c1ccccc1)S(=O)(=O)c1ccc(NCc2cccnc2-n2cccn2)nc1. The van der Waals surface area contributed by atoms with Gasteiger partial charge in [-0.25, -0.2) is 23.1 Å². The second kappa shape index (κ2) is 8.97. The van der Waals surface area contributed by atoms with E-state index in [1.165, 1.54) is 10.5 Å². The fourth-order valence-corrected chi connectivity index (χ4v) is 4.62. The van der Waals surface area contributed by atoms with Crippen LogP contribution in [0.1, 0.15) is 12.5 Å². The molecule has 0 saturated carbocycles. The van der Waals surface area contributed by atoms with Crippen molar-refractivity contribution in [2.75, 3.05) is 16.2 Å². The summed E-state index contributed by atoms with van der Waals surface area (Å²) in [6.07, 6.45) is 6.61. The second-order valence-corrected chi connectivity index (χ2v) is 8.54. The Balaban J connectivity index is 1.50. The van der Waals surface area contributed by atoms with Crippen LogP contribution in [0.5, 0.6) is 0 Å². The highest BCUT2D eigenvalue weighted by atomic mass is 32.2. The highest BCUT2D eigenvalue weighted by Gasteiger charge is 2.23. The Kier molecular flexibility index (Phi) is 5.94. The molecule has 9 heteroatoms. The van der Waals surface area contributed by atoms with Crippen molar-refractivity contribution in [1.29, 1.82) is 0 Å². The number of nitrogens with zero attached hydrogens (tertiary/aromatic N) is 5. The van der Waals surface area contributed by atoms with E-state index in [0.29, 0.717) is 24.6 Å². The predicted octanol–water partition coefficient (Wildman–Crippen LogP) is 3.49. The van der Waals surface area contributed by atoms with E-state index in [4.69, 9.17) is 0 Å². The van der Waals surface area contributed by atoms with Crippen LogP contribution in [0.2, 0.25) is 0 Å². The Hall–Kier alpha value is -3.72. The van der Waals surface area contributed by atoms with Gasteiger partial charge in [-0.1, -0.05) is 24.3 Å². The summed E-state index contributed by atoms with van der Waals surface area (Å²) in [7, 11) is -3.70. The molecule has 0 atom stereocenters. The summed E-state index contributed by atoms with van der Waals surface area (Å²) >= 11 is 0. The van der Waals surface area contributed by atoms with E-state index < -0.39 is 10.0 Å². The van der Waals surface area contributed by atoms with Gasteiger partial charge in [0.1, 0.15) is 10.7 Å². The van der Waals surface area contributed by atoms with Crippen LogP contribution in [0.4, 0.5) is 11.5 Å². The third-order valence-electron chi connectivity index (χ3n) is 4.70. The van der Waals surface area contributed by atoms with Crippen LogP contribution in [0.25, 0.3) is 5.82 Å². The standard InChI is InChI=1S/C22H22N6O2S/c1-2-28(19-9-4-3-5-10-19)31(29,30)20-11-12-21(25-17-20)24-16-18-8-6-13-23-22(18)27-15-7-14-26-27/h3-15,17H,2,16H2,1H3,(H,24,25). The quantitative estimate of drug-likeness (QED) is 0.456. The lowest BCUT2D eigenvalue weighted by atomic mass is 10.2. The fourth-order valence-electron chi connectivity index (χ4n) is 3.20. The normalized spacial score (nSPS) is 11.3. The number of sulfonamides is 1. The van der Waals surface area contributed by atoms with E-state index in [0.717, 1.165) is 11.4 Å². The molecule has 8 nitrogen and oxygen atoms in total. The summed E-state index contributed by atoms with van der Waals surface area (Å²) in [4.78, 5) is 8.84. The maximum atomic E-state index is 13.1. The van der Waals surface area contributed by atoms with E-state index in [2.05, 4.69) is 20.4 Å². The van der Waals surface area contributed by atoms with E-state index in [9.17, 15) is 8.42 Å². The van der Waals surface area contributed by atoms with Gasteiger partial charge in [-0.05, 0) is 43.3 Å². The van der Waals surface area contributed by atoms with Crippen molar-refractivity contribution in [3.8, 4) is 5.82 Å². The molecule has 0 spiro atoms. The summed E-state index contributed by atoms with van der Waals surface area (Å²) in [5.74, 6) is 1.29. The monoisotopic (exact) mass is 434 g/mol. The third kappa shape index (κ3) is 4.41. The third-order valence-corrected chi connectivity index (χ3v) is 6.59. The van der Waals surface area contributed by atoms with Gasteiger partial charge in [0.2, 0.25) is 0 Å². The van der Waals surface area contributed by atoms with Crippen molar-refractivity contribution >= 4 is 21.5 Å². The van der Waals surface area contributed by atoms with Crippen molar-refractivity contribution in [2.24, 2.45) is 0 Å². The molecular weight excluding hydrogens is 412 g/mol. The second-order valence-electron chi connectivity index (χ2n) is 6.67. The van der Waals surface area contributed by atoms with Gasteiger partial charge in [0.25, 0.3) is 10.0 Å². The van der Waals surface area contributed by atoms with E-state index in [1.54, 1.807) is 48.3 Å². The Labute approximate surface area is 181 Å². The lowest BCUT2D eigenvalue weighted by molar-refractivity contribution is 0.591. The first kappa shape index (κ1) is 20.5. The molecule has 0 saturated heterocycles. The molecule has 1 aromatic carbocycles. The first-order valence-electron chi connectivity index (χ1n) is 9.81. The summed E-state index contributed by atoms with van der Waals surface area (Å²) in [6.45, 7) is 2.59. The Morgan fingerprint density at radius 1 is 0.968 bits per heavy atom. The zero-order valence-electron chi connectivity index (χ0n) is 17.0. The number of rotatable bonds is 8. The average molecular weight is 435 g/mol. The molecule has 4 aromatic rings. The van der Waals surface area contributed by atoms with Crippen LogP contribution >= 0.6 is 0 Å². The Morgan fingerprint density at radius 2 is 1.81 bits per heavy atom. The van der Waals surface area contributed by atoms with Gasteiger partial charge in [-0.2, -0.15) is 5.10 Å². The molecule has 3 heterocycles. The van der Waals surface area contributed by atoms with Gasteiger partial charge in [0.15, 0.2) is 5.82 Å². The maximum absolute atomic E-state index is 13.1. The van der Waals surface area contributed by atoms with Crippen molar-refractivity contribution in [3.05, 3.63) is 91.0 Å². The Bertz CT molecular complexity index is 1230. The largest absolute Gasteiger partial charge is 0.366 e. The van der Waals surface area contributed by atoms with Crippen LogP contribution in [0.3, 0.4) is 0 Å². The van der Waals surface area contributed by atoms with Crippen LogP contribution in [0.15, 0.2) is 90.3 Å². The van der Waals surface area contributed by atoms with Gasteiger partial charge < -0.3 is 5.32 Å². The maximum Gasteiger partial charge on any atom is 0.265 e. The predicted molar refractivity (Wildman–Crippen MR) is 120 cm³/mol. The first-order chi connectivity index (χ1) is 15.1. The number of para-hydroxylation sites is 1. The van der Waals surface area contributed by atoms with Crippen molar-refractivity contribution in [2.45, 2.75) is 18.4 Å². The van der Waals surface area contributed by atoms with E-state index >= 15 is 0 Å². The molecule has 0 aliphatic carbocycles. The molecule has 1 N–H and O–H groups in total. The fraction of sp³-hybridized carbons (Fsp3) is 0.136. The molecule has 0 amide bonds. The van der Waals surface area contributed by atoms with Crippen molar-refractivity contribution in [3.63, 3.8) is 0 Å². The minimum atomic E-state index is -3.70. The van der Waals surface area contributed by atoms with E-state index in [-0.39, 0.29) is 4.90 Å². The molecule has 3 aromatic heterocycles. The molecule has 158 valence electrons. The average Bonchev–Trinajstić information content (AvgIpc) is 3.34. The first-order valence-corrected chi connectivity index (χ1v) is 11.2.